The van der Waals surface area contributed by atoms with E-state index in [1.165, 1.54) is 12.1 Å². The normalized spacial score (nSPS) is 10.2. The molecule has 21 heavy (non-hydrogen) atoms. The smallest absolute Gasteiger partial charge is 0.269 e. The van der Waals surface area contributed by atoms with Crippen molar-refractivity contribution in [1.29, 1.82) is 0 Å². The topological polar surface area (TPSA) is 61.6 Å². The van der Waals surface area contributed by atoms with Gasteiger partial charge in [-0.1, -0.05) is 17.7 Å². The maximum absolute atomic E-state index is 10.5. The molecule has 0 aliphatic carbocycles. The van der Waals surface area contributed by atoms with Gasteiger partial charge >= 0.3 is 0 Å². The number of aryl methyl sites for hydroxylation is 1. The first-order valence-corrected chi connectivity index (χ1v) is 6.70. The number of ether oxygens (including phenoxy) is 2. The lowest BCUT2D eigenvalue weighted by atomic mass is 10.2. The summed E-state index contributed by atoms with van der Waals surface area (Å²) >= 11 is 6.01. The first-order chi connectivity index (χ1) is 10.1. The Morgan fingerprint density at radius 2 is 1.76 bits per heavy atom. The third kappa shape index (κ3) is 4.36. The van der Waals surface area contributed by atoms with E-state index in [4.69, 9.17) is 21.1 Å². The minimum atomic E-state index is -0.452. The Morgan fingerprint density at radius 1 is 1.10 bits per heavy atom. The molecule has 2 aromatic carbocycles. The minimum Gasteiger partial charge on any atom is -0.490 e. The van der Waals surface area contributed by atoms with E-state index in [1.54, 1.807) is 18.2 Å². The van der Waals surface area contributed by atoms with Gasteiger partial charge in [0.15, 0.2) is 0 Å². The summed E-state index contributed by atoms with van der Waals surface area (Å²) in [4.78, 5) is 10.1. The average Bonchev–Trinajstić information content (AvgIpc) is 2.47. The van der Waals surface area contributed by atoms with Crippen LogP contribution in [0.15, 0.2) is 42.5 Å². The highest BCUT2D eigenvalue weighted by Crippen LogP contribution is 2.25. The van der Waals surface area contributed by atoms with Gasteiger partial charge in [0.2, 0.25) is 0 Å². The second-order valence-electron chi connectivity index (χ2n) is 4.38. The molecule has 0 radical (unpaired) electrons. The molecule has 0 aromatic heterocycles. The summed E-state index contributed by atoms with van der Waals surface area (Å²) in [5.41, 5.74) is 1.09. The van der Waals surface area contributed by atoms with Crippen LogP contribution >= 0.6 is 11.6 Å². The van der Waals surface area contributed by atoms with Crippen LogP contribution in [0.5, 0.6) is 11.5 Å². The molecular formula is C15H14ClNO4. The highest BCUT2D eigenvalue weighted by atomic mass is 35.5. The molecule has 0 saturated carbocycles. The molecule has 5 nitrogen and oxygen atoms in total. The van der Waals surface area contributed by atoms with Crippen molar-refractivity contribution >= 4 is 17.3 Å². The molecule has 6 heteroatoms. The second-order valence-corrected chi connectivity index (χ2v) is 4.79. The van der Waals surface area contributed by atoms with Crippen LogP contribution in [0.4, 0.5) is 5.69 Å². The molecule has 0 fully saturated rings. The highest BCUT2D eigenvalue weighted by molar-refractivity contribution is 6.32. The summed E-state index contributed by atoms with van der Waals surface area (Å²) in [6, 6.07) is 11.4. The average molecular weight is 308 g/mol. The standard InChI is InChI=1S/C15H14ClNO4/c1-11-2-7-14(16)15(10-11)21-9-8-20-13-5-3-12(4-6-13)17(18)19/h2-7,10H,8-9H2,1H3. The zero-order valence-corrected chi connectivity index (χ0v) is 12.2. The van der Waals surface area contributed by atoms with Gasteiger partial charge in [-0.15, -0.1) is 0 Å². The van der Waals surface area contributed by atoms with Gasteiger partial charge in [-0.25, -0.2) is 0 Å². The second kappa shape index (κ2) is 6.95. The van der Waals surface area contributed by atoms with Crippen LogP contribution in [-0.2, 0) is 0 Å². The molecule has 0 aliphatic heterocycles. The summed E-state index contributed by atoms with van der Waals surface area (Å²) in [5.74, 6) is 1.17. The molecule has 2 rings (SSSR count). The molecule has 0 N–H and O–H groups in total. The van der Waals surface area contributed by atoms with Crippen molar-refractivity contribution in [3.63, 3.8) is 0 Å². The van der Waals surface area contributed by atoms with Crippen molar-refractivity contribution in [2.24, 2.45) is 0 Å². The van der Waals surface area contributed by atoms with Crippen molar-refractivity contribution in [3.05, 3.63) is 63.2 Å². The summed E-state index contributed by atoms with van der Waals surface area (Å²) in [5, 5.41) is 11.1. The lowest BCUT2D eigenvalue weighted by Crippen LogP contribution is -2.09. The zero-order valence-electron chi connectivity index (χ0n) is 11.4. The number of non-ortho nitro benzene ring substituents is 1. The van der Waals surface area contributed by atoms with Crippen molar-refractivity contribution in [2.75, 3.05) is 13.2 Å². The summed E-state index contributed by atoms with van der Waals surface area (Å²) in [6.07, 6.45) is 0. The largest absolute Gasteiger partial charge is 0.490 e. The Bertz CT molecular complexity index is 628. The number of nitro groups is 1. The number of hydrogen-bond acceptors (Lipinski definition) is 4. The molecular weight excluding hydrogens is 294 g/mol. The van der Waals surface area contributed by atoms with E-state index in [9.17, 15) is 10.1 Å². The van der Waals surface area contributed by atoms with Gasteiger partial charge < -0.3 is 9.47 Å². The first kappa shape index (κ1) is 15.1. The zero-order chi connectivity index (χ0) is 15.2. The number of halogens is 1. The van der Waals surface area contributed by atoms with Gasteiger partial charge in [0, 0.05) is 12.1 Å². The van der Waals surface area contributed by atoms with E-state index < -0.39 is 4.92 Å². The number of benzene rings is 2. The summed E-state index contributed by atoms with van der Waals surface area (Å²) in [6.45, 7) is 2.61. The monoisotopic (exact) mass is 307 g/mol. The minimum absolute atomic E-state index is 0.0325. The van der Waals surface area contributed by atoms with Gasteiger partial charge in [-0.3, -0.25) is 10.1 Å². The molecule has 0 bridgehead atoms. The molecule has 0 amide bonds. The van der Waals surface area contributed by atoms with Crippen molar-refractivity contribution in [1.82, 2.24) is 0 Å². The van der Waals surface area contributed by atoms with E-state index in [-0.39, 0.29) is 5.69 Å². The fraction of sp³-hybridized carbons (Fsp3) is 0.200. The van der Waals surface area contributed by atoms with Crippen molar-refractivity contribution < 1.29 is 14.4 Å². The molecule has 0 atom stereocenters. The maximum Gasteiger partial charge on any atom is 0.269 e. The van der Waals surface area contributed by atoms with E-state index in [1.807, 2.05) is 19.1 Å². The molecule has 0 heterocycles. The Kier molecular flexibility index (Phi) is 5.00. The summed E-state index contributed by atoms with van der Waals surface area (Å²) < 4.78 is 11.0. The van der Waals surface area contributed by atoms with Crippen LogP contribution in [0.3, 0.4) is 0 Å². The number of hydrogen-bond donors (Lipinski definition) is 0. The fourth-order valence-corrected chi connectivity index (χ4v) is 1.87. The SMILES string of the molecule is Cc1ccc(Cl)c(OCCOc2ccc([N+](=O)[O-])cc2)c1. The van der Waals surface area contributed by atoms with Crippen molar-refractivity contribution in [2.45, 2.75) is 6.92 Å². The van der Waals surface area contributed by atoms with Gasteiger partial charge in [0.1, 0.15) is 24.7 Å². The van der Waals surface area contributed by atoms with Crippen LogP contribution in [0.25, 0.3) is 0 Å². The van der Waals surface area contributed by atoms with Crippen molar-refractivity contribution in [3.8, 4) is 11.5 Å². The number of rotatable bonds is 6. The molecule has 2 aromatic rings. The molecule has 0 aliphatic rings. The van der Waals surface area contributed by atoms with Gasteiger partial charge in [-0.05, 0) is 36.8 Å². The quantitative estimate of drug-likeness (QED) is 0.459. The molecule has 110 valence electrons. The highest BCUT2D eigenvalue weighted by Gasteiger charge is 2.05. The number of nitrogens with zero attached hydrogens (tertiary/aromatic N) is 1. The first-order valence-electron chi connectivity index (χ1n) is 6.32. The third-order valence-electron chi connectivity index (χ3n) is 2.74. The van der Waals surface area contributed by atoms with Gasteiger partial charge in [0.05, 0.1) is 9.95 Å². The van der Waals surface area contributed by atoms with E-state index >= 15 is 0 Å². The number of nitro benzene ring substituents is 1. The third-order valence-corrected chi connectivity index (χ3v) is 3.06. The Morgan fingerprint density at radius 3 is 2.43 bits per heavy atom. The lowest BCUT2D eigenvalue weighted by Gasteiger charge is -2.10. The van der Waals surface area contributed by atoms with Gasteiger partial charge in [0.25, 0.3) is 5.69 Å². The Balaban J connectivity index is 1.81. The van der Waals surface area contributed by atoms with Crippen LogP contribution in [0, 0.1) is 17.0 Å². The van der Waals surface area contributed by atoms with Crippen LogP contribution in [0.1, 0.15) is 5.56 Å². The molecule has 0 unspecified atom stereocenters. The Hall–Kier alpha value is -2.27. The van der Waals surface area contributed by atoms with E-state index in [0.29, 0.717) is 29.7 Å². The maximum atomic E-state index is 10.5. The summed E-state index contributed by atoms with van der Waals surface area (Å²) in [7, 11) is 0. The predicted molar refractivity (Wildman–Crippen MR) is 80.3 cm³/mol. The molecule has 0 spiro atoms. The van der Waals surface area contributed by atoms with E-state index in [0.717, 1.165) is 5.56 Å². The lowest BCUT2D eigenvalue weighted by molar-refractivity contribution is -0.384. The van der Waals surface area contributed by atoms with Crippen LogP contribution in [0.2, 0.25) is 5.02 Å². The predicted octanol–water partition coefficient (Wildman–Crippen LogP) is 4.01. The fourth-order valence-electron chi connectivity index (χ4n) is 1.70. The van der Waals surface area contributed by atoms with Crippen LogP contribution in [-0.4, -0.2) is 18.1 Å². The van der Waals surface area contributed by atoms with E-state index in [2.05, 4.69) is 0 Å². The van der Waals surface area contributed by atoms with Gasteiger partial charge in [-0.2, -0.15) is 0 Å². The Labute approximate surface area is 127 Å². The molecule has 0 saturated heterocycles. The van der Waals surface area contributed by atoms with Crippen LogP contribution < -0.4 is 9.47 Å².